The minimum Gasteiger partial charge on any atom is -0.480 e. The molecule has 2 aromatic rings. The van der Waals surface area contributed by atoms with Crippen LogP contribution in [0.5, 0.6) is 0 Å². The van der Waals surface area contributed by atoms with Crippen molar-refractivity contribution in [3.63, 3.8) is 0 Å². The number of likely N-dealkylation sites (N-methyl/N-ethyl adjacent to an activating group) is 1. The Kier molecular flexibility index (Phi) is 9.09. The molecule has 8 nitrogen and oxygen atoms in total. The summed E-state index contributed by atoms with van der Waals surface area (Å²) in [6, 6.07) is 15.1. The maximum atomic E-state index is 12.8. The van der Waals surface area contributed by atoms with Crippen molar-refractivity contribution in [1.29, 1.82) is 0 Å². The lowest BCUT2D eigenvalue weighted by atomic mass is 9.98. The van der Waals surface area contributed by atoms with Crippen LogP contribution in [0.1, 0.15) is 57.1 Å². The summed E-state index contributed by atoms with van der Waals surface area (Å²) < 4.78 is 11.0. The van der Waals surface area contributed by atoms with Gasteiger partial charge in [0.1, 0.15) is 19.3 Å². The molecule has 2 amide bonds. The molecule has 0 spiro atoms. The quantitative estimate of drug-likeness (QED) is 0.446. The summed E-state index contributed by atoms with van der Waals surface area (Å²) in [5, 5.41) is 12.4. The van der Waals surface area contributed by atoms with Crippen LogP contribution in [0.25, 0.3) is 11.1 Å². The molecular weight excluding hydrogens is 460 g/mol. The van der Waals surface area contributed by atoms with Crippen LogP contribution in [0, 0.1) is 0 Å². The van der Waals surface area contributed by atoms with E-state index in [-0.39, 0.29) is 31.5 Å². The number of ether oxygens (including phenoxy) is 2. The third-order valence-electron chi connectivity index (χ3n) is 6.24. The van der Waals surface area contributed by atoms with E-state index in [4.69, 9.17) is 9.47 Å². The Balaban J connectivity index is 1.48. The lowest BCUT2D eigenvalue weighted by Gasteiger charge is -2.25. The van der Waals surface area contributed by atoms with Gasteiger partial charge in [-0.05, 0) is 62.3 Å². The van der Waals surface area contributed by atoms with Gasteiger partial charge in [-0.25, -0.2) is 9.59 Å². The highest BCUT2D eigenvalue weighted by atomic mass is 16.6. The number of nitrogens with zero attached hydrogens (tertiary/aromatic N) is 1. The van der Waals surface area contributed by atoms with Gasteiger partial charge in [-0.1, -0.05) is 48.5 Å². The van der Waals surface area contributed by atoms with Crippen LogP contribution >= 0.6 is 0 Å². The van der Waals surface area contributed by atoms with Crippen molar-refractivity contribution < 1.29 is 29.0 Å². The van der Waals surface area contributed by atoms with Crippen LogP contribution in [0.3, 0.4) is 0 Å². The number of carboxylic acids is 1. The molecule has 0 saturated carbocycles. The van der Waals surface area contributed by atoms with Crippen molar-refractivity contribution >= 4 is 18.0 Å². The molecule has 1 atom stereocenters. The van der Waals surface area contributed by atoms with Gasteiger partial charge in [-0.15, -0.1) is 0 Å². The summed E-state index contributed by atoms with van der Waals surface area (Å²) >= 11 is 0. The Morgan fingerprint density at radius 3 is 2.14 bits per heavy atom. The second-order valence-corrected chi connectivity index (χ2v) is 10.0. The Morgan fingerprint density at radius 1 is 1.00 bits per heavy atom. The number of carboxylic acid groups (broad SMARTS) is 1. The van der Waals surface area contributed by atoms with Gasteiger partial charge in [-0.3, -0.25) is 9.69 Å². The van der Waals surface area contributed by atoms with E-state index < -0.39 is 23.7 Å². The zero-order valence-corrected chi connectivity index (χ0v) is 21.5. The summed E-state index contributed by atoms with van der Waals surface area (Å²) in [6.07, 6.45) is 0.698. The average molecular weight is 497 g/mol. The Hall–Kier alpha value is -3.39. The maximum absolute atomic E-state index is 12.8. The predicted octanol–water partition coefficient (Wildman–Crippen LogP) is 4.42. The zero-order valence-electron chi connectivity index (χ0n) is 21.5. The standard InChI is InChI=1S/C28H36N2O6/c1-28(2,3)36-18-25(31)29-16-10-9-15-24(26(32)33)30(4)27(34)35-17-23-21-13-7-5-11-19(21)20-12-6-8-14-22(20)23/h5-8,11-14,23-24H,9-10,15-18H2,1-4H3,(H,29,31)(H,32,33). The van der Waals surface area contributed by atoms with Gasteiger partial charge in [0.15, 0.2) is 0 Å². The lowest BCUT2D eigenvalue weighted by Crippen LogP contribution is -2.43. The number of unbranched alkanes of at least 4 members (excludes halogenated alkanes) is 1. The molecule has 1 aliphatic rings. The first-order chi connectivity index (χ1) is 17.1. The number of carbonyl (C=O) groups is 3. The molecular formula is C28H36N2O6. The smallest absolute Gasteiger partial charge is 0.410 e. The minimum atomic E-state index is -1.09. The third kappa shape index (κ3) is 7.07. The number of benzene rings is 2. The van der Waals surface area contributed by atoms with Gasteiger partial charge in [-0.2, -0.15) is 0 Å². The average Bonchev–Trinajstić information content (AvgIpc) is 3.16. The van der Waals surface area contributed by atoms with Crippen molar-refractivity contribution in [2.75, 3.05) is 26.8 Å². The van der Waals surface area contributed by atoms with E-state index in [0.717, 1.165) is 27.2 Å². The maximum Gasteiger partial charge on any atom is 0.410 e. The molecule has 194 valence electrons. The number of aliphatic carboxylic acids is 1. The molecule has 0 fully saturated rings. The van der Waals surface area contributed by atoms with E-state index in [9.17, 15) is 19.5 Å². The summed E-state index contributed by atoms with van der Waals surface area (Å²) in [5.41, 5.74) is 4.05. The van der Waals surface area contributed by atoms with E-state index in [2.05, 4.69) is 17.4 Å². The molecule has 0 bridgehead atoms. The van der Waals surface area contributed by atoms with Crippen molar-refractivity contribution in [1.82, 2.24) is 10.2 Å². The molecule has 0 saturated heterocycles. The lowest BCUT2D eigenvalue weighted by molar-refractivity contribution is -0.142. The van der Waals surface area contributed by atoms with E-state index in [0.29, 0.717) is 19.4 Å². The van der Waals surface area contributed by atoms with Crippen LogP contribution in [0.4, 0.5) is 4.79 Å². The van der Waals surface area contributed by atoms with Crippen LogP contribution in [0.2, 0.25) is 0 Å². The molecule has 8 heteroatoms. The second kappa shape index (κ2) is 12.0. The first-order valence-corrected chi connectivity index (χ1v) is 12.3. The van der Waals surface area contributed by atoms with Gasteiger partial charge in [0, 0.05) is 19.5 Å². The van der Waals surface area contributed by atoms with Gasteiger partial charge in [0.25, 0.3) is 0 Å². The Labute approximate surface area is 212 Å². The van der Waals surface area contributed by atoms with E-state index >= 15 is 0 Å². The van der Waals surface area contributed by atoms with Crippen molar-refractivity contribution in [3.8, 4) is 11.1 Å². The molecule has 0 aromatic heterocycles. The van der Waals surface area contributed by atoms with E-state index in [1.54, 1.807) is 0 Å². The number of carbonyl (C=O) groups excluding carboxylic acids is 2. The zero-order chi connectivity index (χ0) is 26.3. The molecule has 1 unspecified atom stereocenters. The fourth-order valence-corrected chi connectivity index (χ4v) is 4.33. The number of nitrogens with one attached hydrogen (secondary N) is 1. The monoisotopic (exact) mass is 496 g/mol. The van der Waals surface area contributed by atoms with E-state index in [1.165, 1.54) is 7.05 Å². The fraction of sp³-hybridized carbons (Fsp3) is 0.464. The Bertz CT molecular complexity index is 1030. The third-order valence-corrected chi connectivity index (χ3v) is 6.24. The molecule has 2 aromatic carbocycles. The van der Waals surface area contributed by atoms with E-state index in [1.807, 2.05) is 57.2 Å². The summed E-state index contributed by atoms with van der Waals surface area (Å²) in [6.45, 7) is 6.14. The molecule has 0 heterocycles. The number of fused-ring (bicyclic) bond motifs is 3. The summed E-state index contributed by atoms with van der Waals surface area (Å²) in [5.74, 6) is -1.40. The first kappa shape index (κ1) is 27.2. The minimum absolute atomic E-state index is 0.0221. The fourth-order valence-electron chi connectivity index (χ4n) is 4.33. The van der Waals surface area contributed by atoms with Crippen molar-refractivity contribution in [2.24, 2.45) is 0 Å². The van der Waals surface area contributed by atoms with Crippen molar-refractivity contribution in [3.05, 3.63) is 59.7 Å². The topological polar surface area (TPSA) is 105 Å². The van der Waals surface area contributed by atoms with Crippen LogP contribution in [0.15, 0.2) is 48.5 Å². The van der Waals surface area contributed by atoms with Crippen LogP contribution in [-0.4, -0.2) is 66.4 Å². The number of amides is 2. The molecule has 0 radical (unpaired) electrons. The SMILES string of the molecule is CN(C(=O)OCC1c2ccccc2-c2ccccc21)C(CCCCNC(=O)COC(C)(C)C)C(=O)O. The largest absolute Gasteiger partial charge is 0.480 e. The first-order valence-electron chi connectivity index (χ1n) is 12.3. The van der Waals surface area contributed by atoms with Crippen LogP contribution in [-0.2, 0) is 19.1 Å². The summed E-state index contributed by atoms with van der Waals surface area (Å²) in [4.78, 5) is 37.6. The number of hydrogen-bond acceptors (Lipinski definition) is 5. The molecule has 36 heavy (non-hydrogen) atoms. The van der Waals surface area contributed by atoms with Gasteiger partial charge in [0.2, 0.25) is 5.91 Å². The molecule has 1 aliphatic carbocycles. The van der Waals surface area contributed by atoms with Gasteiger partial charge >= 0.3 is 12.1 Å². The predicted molar refractivity (Wildman–Crippen MR) is 137 cm³/mol. The Morgan fingerprint density at radius 2 is 1.58 bits per heavy atom. The number of rotatable bonds is 11. The molecule has 0 aliphatic heterocycles. The molecule has 3 rings (SSSR count). The highest BCUT2D eigenvalue weighted by molar-refractivity contribution is 5.81. The highest BCUT2D eigenvalue weighted by Crippen LogP contribution is 2.44. The molecule has 2 N–H and O–H groups in total. The van der Waals surface area contributed by atoms with Crippen molar-refractivity contribution in [2.45, 2.75) is 57.6 Å². The second-order valence-electron chi connectivity index (χ2n) is 10.0. The summed E-state index contributed by atoms with van der Waals surface area (Å²) in [7, 11) is 1.45. The normalized spacial score (nSPS) is 13.4. The van der Waals surface area contributed by atoms with Crippen LogP contribution < -0.4 is 5.32 Å². The van der Waals surface area contributed by atoms with Gasteiger partial charge in [0.05, 0.1) is 5.60 Å². The number of hydrogen-bond donors (Lipinski definition) is 2. The highest BCUT2D eigenvalue weighted by Gasteiger charge is 2.31. The van der Waals surface area contributed by atoms with Gasteiger partial charge < -0.3 is 19.9 Å².